The highest BCUT2D eigenvalue weighted by Crippen LogP contribution is 2.32. The SMILES string of the molecule is CCCCc1nc2cccnc2n1Cc1ccc2nc(-c3ccccc3C(=O)O)c(C)c(C(=O)O)c2c1. The topological polar surface area (TPSA) is 118 Å². The van der Waals surface area contributed by atoms with Crippen molar-refractivity contribution in [3.05, 3.63) is 88.9 Å². The minimum Gasteiger partial charge on any atom is -0.478 e. The second kappa shape index (κ2) is 9.81. The molecule has 0 fully saturated rings. The summed E-state index contributed by atoms with van der Waals surface area (Å²) in [4.78, 5) is 38.3. The molecule has 0 saturated carbocycles. The lowest BCUT2D eigenvalue weighted by molar-refractivity contribution is 0.0688. The highest BCUT2D eigenvalue weighted by molar-refractivity contribution is 6.07. The highest BCUT2D eigenvalue weighted by Gasteiger charge is 2.22. The molecular weight excluding hydrogens is 468 g/mol. The van der Waals surface area contributed by atoms with Gasteiger partial charge in [-0.3, -0.25) is 0 Å². The third-order valence-electron chi connectivity index (χ3n) is 6.60. The van der Waals surface area contributed by atoms with E-state index < -0.39 is 11.9 Å². The average molecular weight is 495 g/mol. The van der Waals surface area contributed by atoms with E-state index in [1.54, 1.807) is 37.4 Å². The van der Waals surface area contributed by atoms with Crippen LogP contribution in [-0.4, -0.2) is 41.7 Å². The number of pyridine rings is 2. The molecule has 37 heavy (non-hydrogen) atoms. The second-order valence-corrected chi connectivity index (χ2v) is 9.03. The summed E-state index contributed by atoms with van der Waals surface area (Å²) in [5.74, 6) is -1.23. The summed E-state index contributed by atoms with van der Waals surface area (Å²) in [5.41, 5.74) is 4.36. The summed E-state index contributed by atoms with van der Waals surface area (Å²) in [6.07, 6.45) is 4.63. The normalized spacial score (nSPS) is 11.3. The van der Waals surface area contributed by atoms with E-state index in [-0.39, 0.29) is 11.1 Å². The molecule has 3 heterocycles. The third kappa shape index (κ3) is 4.42. The molecule has 0 aliphatic heterocycles. The Morgan fingerprint density at radius 1 is 0.946 bits per heavy atom. The zero-order valence-electron chi connectivity index (χ0n) is 20.6. The van der Waals surface area contributed by atoms with Crippen molar-refractivity contribution in [3.63, 3.8) is 0 Å². The quantitative estimate of drug-likeness (QED) is 0.282. The van der Waals surface area contributed by atoms with Gasteiger partial charge in [0.05, 0.1) is 28.9 Å². The molecule has 0 radical (unpaired) electrons. The number of aromatic carboxylic acids is 2. The summed E-state index contributed by atoms with van der Waals surface area (Å²) in [5, 5.41) is 20.3. The molecule has 186 valence electrons. The molecule has 2 aromatic carbocycles. The van der Waals surface area contributed by atoms with Crippen LogP contribution in [0.5, 0.6) is 0 Å². The van der Waals surface area contributed by atoms with Crippen LogP contribution in [0, 0.1) is 6.92 Å². The molecule has 5 aromatic rings. The first-order valence-corrected chi connectivity index (χ1v) is 12.2. The largest absolute Gasteiger partial charge is 0.478 e. The minimum absolute atomic E-state index is 0.0736. The van der Waals surface area contributed by atoms with Crippen molar-refractivity contribution >= 4 is 34.0 Å². The van der Waals surface area contributed by atoms with Gasteiger partial charge in [-0.25, -0.2) is 24.5 Å². The molecular formula is C29H26N4O4. The molecule has 0 unspecified atom stereocenters. The Morgan fingerprint density at radius 2 is 1.76 bits per heavy atom. The number of nitrogens with zero attached hydrogens (tertiary/aromatic N) is 4. The van der Waals surface area contributed by atoms with Gasteiger partial charge in [0, 0.05) is 23.6 Å². The van der Waals surface area contributed by atoms with E-state index in [4.69, 9.17) is 9.97 Å². The van der Waals surface area contributed by atoms with Crippen molar-refractivity contribution in [1.82, 2.24) is 19.5 Å². The number of hydrogen-bond donors (Lipinski definition) is 2. The van der Waals surface area contributed by atoms with Gasteiger partial charge >= 0.3 is 11.9 Å². The number of imidazole rings is 1. The van der Waals surface area contributed by atoms with Gasteiger partial charge in [-0.15, -0.1) is 0 Å². The molecule has 5 rings (SSSR count). The number of hydrogen-bond acceptors (Lipinski definition) is 5. The van der Waals surface area contributed by atoms with Gasteiger partial charge in [-0.1, -0.05) is 37.6 Å². The molecule has 0 bridgehead atoms. The number of carboxylic acids is 2. The van der Waals surface area contributed by atoms with Crippen LogP contribution in [-0.2, 0) is 13.0 Å². The highest BCUT2D eigenvalue weighted by atomic mass is 16.4. The van der Waals surface area contributed by atoms with Crippen LogP contribution in [0.1, 0.15) is 57.4 Å². The molecule has 0 saturated heterocycles. The lowest BCUT2D eigenvalue weighted by Crippen LogP contribution is -2.09. The van der Waals surface area contributed by atoms with E-state index in [1.807, 2.05) is 24.3 Å². The van der Waals surface area contributed by atoms with E-state index in [0.29, 0.717) is 34.3 Å². The third-order valence-corrected chi connectivity index (χ3v) is 6.60. The average Bonchev–Trinajstić information content (AvgIpc) is 3.23. The van der Waals surface area contributed by atoms with Crippen LogP contribution >= 0.6 is 0 Å². The first kappa shape index (κ1) is 24.1. The lowest BCUT2D eigenvalue weighted by atomic mass is 9.94. The minimum atomic E-state index is -1.09. The summed E-state index contributed by atoms with van der Waals surface area (Å²) < 4.78 is 2.09. The number of fused-ring (bicyclic) bond motifs is 2. The molecule has 8 heteroatoms. The van der Waals surface area contributed by atoms with Crippen molar-refractivity contribution in [2.24, 2.45) is 0 Å². The Hall–Kier alpha value is -4.59. The number of benzene rings is 2. The van der Waals surface area contributed by atoms with Crippen molar-refractivity contribution in [1.29, 1.82) is 0 Å². The molecule has 0 spiro atoms. The maximum absolute atomic E-state index is 12.4. The fraction of sp³-hybridized carbons (Fsp3) is 0.207. The van der Waals surface area contributed by atoms with Gasteiger partial charge in [0.1, 0.15) is 11.3 Å². The monoisotopic (exact) mass is 494 g/mol. The Bertz CT molecular complexity index is 1670. The molecule has 0 aliphatic rings. The van der Waals surface area contributed by atoms with Crippen LogP contribution in [0.15, 0.2) is 60.8 Å². The van der Waals surface area contributed by atoms with E-state index in [0.717, 1.165) is 41.8 Å². The Labute approximate surface area is 213 Å². The molecule has 8 nitrogen and oxygen atoms in total. The van der Waals surface area contributed by atoms with Gasteiger partial charge in [-0.2, -0.15) is 0 Å². The molecule has 0 atom stereocenters. The van der Waals surface area contributed by atoms with E-state index >= 15 is 0 Å². The van der Waals surface area contributed by atoms with Crippen LogP contribution in [0.4, 0.5) is 0 Å². The van der Waals surface area contributed by atoms with Gasteiger partial charge < -0.3 is 14.8 Å². The molecule has 2 N–H and O–H groups in total. The number of carbonyl (C=O) groups is 2. The zero-order valence-corrected chi connectivity index (χ0v) is 20.6. The molecule has 0 aliphatic carbocycles. The van der Waals surface area contributed by atoms with Crippen molar-refractivity contribution in [2.75, 3.05) is 0 Å². The van der Waals surface area contributed by atoms with Crippen molar-refractivity contribution in [2.45, 2.75) is 39.7 Å². The van der Waals surface area contributed by atoms with Crippen LogP contribution in [0.3, 0.4) is 0 Å². The Morgan fingerprint density at radius 3 is 2.51 bits per heavy atom. The maximum atomic E-state index is 12.4. The summed E-state index contributed by atoms with van der Waals surface area (Å²) in [6.45, 7) is 4.30. The van der Waals surface area contributed by atoms with Gasteiger partial charge in [0.2, 0.25) is 0 Å². The molecule has 3 aromatic heterocycles. The van der Waals surface area contributed by atoms with Gasteiger partial charge in [0.25, 0.3) is 0 Å². The van der Waals surface area contributed by atoms with E-state index in [2.05, 4.69) is 16.5 Å². The van der Waals surface area contributed by atoms with Crippen molar-refractivity contribution in [3.8, 4) is 11.3 Å². The predicted octanol–water partition coefficient (Wildman–Crippen LogP) is 5.74. The first-order valence-electron chi connectivity index (χ1n) is 12.2. The fourth-order valence-corrected chi connectivity index (χ4v) is 4.80. The van der Waals surface area contributed by atoms with E-state index in [9.17, 15) is 19.8 Å². The number of unbranched alkanes of at least 4 members (excludes halogenated alkanes) is 1. The first-order chi connectivity index (χ1) is 17.9. The van der Waals surface area contributed by atoms with E-state index in [1.165, 1.54) is 6.07 Å². The fourth-order valence-electron chi connectivity index (χ4n) is 4.80. The van der Waals surface area contributed by atoms with Crippen molar-refractivity contribution < 1.29 is 19.8 Å². The Kier molecular flexibility index (Phi) is 6.40. The lowest BCUT2D eigenvalue weighted by Gasteiger charge is -2.15. The smallest absolute Gasteiger partial charge is 0.336 e. The maximum Gasteiger partial charge on any atom is 0.336 e. The zero-order chi connectivity index (χ0) is 26.1. The predicted molar refractivity (Wildman–Crippen MR) is 141 cm³/mol. The number of rotatable bonds is 8. The number of aryl methyl sites for hydroxylation is 1. The van der Waals surface area contributed by atoms with Gasteiger partial charge in [-0.05, 0) is 54.8 Å². The van der Waals surface area contributed by atoms with Gasteiger partial charge in [0.15, 0.2) is 5.65 Å². The van der Waals surface area contributed by atoms with Crippen LogP contribution in [0.25, 0.3) is 33.3 Å². The summed E-state index contributed by atoms with van der Waals surface area (Å²) in [6, 6.07) is 15.9. The summed E-state index contributed by atoms with van der Waals surface area (Å²) in [7, 11) is 0. The molecule has 0 amide bonds. The van der Waals surface area contributed by atoms with Crippen LogP contribution < -0.4 is 0 Å². The Balaban J connectivity index is 1.65. The number of aromatic nitrogens is 4. The summed E-state index contributed by atoms with van der Waals surface area (Å²) >= 11 is 0. The number of carboxylic acid groups (broad SMARTS) is 2. The van der Waals surface area contributed by atoms with Crippen LogP contribution in [0.2, 0.25) is 0 Å². The standard InChI is InChI=1S/C29H26N4O4/c1-3-4-11-24-31-23-10-7-14-30-27(23)33(24)16-18-12-13-22-21(15-18)25(29(36)37)17(2)26(32-22)19-8-5-6-9-20(19)28(34)35/h5-10,12-15H,3-4,11,16H2,1-2H3,(H,34,35)(H,36,37). The second-order valence-electron chi connectivity index (χ2n) is 9.03.